The zero-order valence-corrected chi connectivity index (χ0v) is 5.83. The Morgan fingerprint density at radius 1 is 1.33 bits per heavy atom. The predicted octanol–water partition coefficient (Wildman–Crippen LogP) is -0.340. The molecular formula is C5H5F2N5. The lowest BCUT2D eigenvalue weighted by molar-refractivity contribution is 0.484. The Bertz CT molecular complexity index is 299. The molecule has 0 unspecified atom stereocenters. The van der Waals surface area contributed by atoms with Crippen LogP contribution in [0.2, 0.25) is 0 Å². The summed E-state index contributed by atoms with van der Waals surface area (Å²) < 4.78 is 24.6. The summed E-state index contributed by atoms with van der Waals surface area (Å²) in [5.41, 5.74) is 9.89. The van der Waals surface area contributed by atoms with E-state index in [1.54, 1.807) is 0 Å². The van der Waals surface area contributed by atoms with Gasteiger partial charge in [0, 0.05) is 6.07 Å². The predicted molar refractivity (Wildman–Crippen MR) is 37.4 cm³/mol. The minimum absolute atomic E-state index is 0.250. The highest BCUT2D eigenvalue weighted by molar-refractivity contribution is 5.78. The SMILES string of the molecule is NC(N)=Nc1cc(F)nc(F)n1. The van der Waals surface area contributed by atoms with E-state index in [2.05, 4.69) is 15.0 Å². The summed E-state index contributed by atoms with van der Waals surface area (Å²) in [6.45, 7) is 0. The molecule has 1 aromatic heterocycles. The second-order valence-corrected chi connectivity index (χ2v) is 1.85. The van der Waals surface area contributed by atoms with Crippen LogP contribution in [0, 0.1) is 12.0 Å². The lowest BCUT2D eigenvalue weighted by atomic mass is 10.6. The molecule has 0 saturated carbocycles. The fourth-order valence-electron chi connectivity index (χ4n) is 0.568. The molecule has 0 fully saturated rings. The lowest BCUT2D eigenvalue weighted by Gasteiger charge is -1.93. The number of guanidine groups is 1. The number of hydrogen-bond donors (Lipinski definition) is 2. The van der Waals surface area contributed by atoms with Gasteiger partial charge >= 0.3 is 6.08 Å². The zero-order valence-electron chi connectivity index (χ0n) is 5.83. The molecule has 0 aliphatic rings. The maximum absolute atomic E-state index is 12.3. The van der Waals surface area contributed by atoms with Crippen LogP contribution in [0.15, 0.2) is 11.1 Å². The van der Waals surface area contributed by atoms with Crippen LogP contribution in [0.5, 0.6) is 0 Å². The van der Waals surface area contributed by atoms with Crippen molar-refractivity contribution in [2.45, 2.75) is 0 Å². The monoisotopic (exact) mass is 173 g/mol. The lowest BCUT2D eigenvalue weighted by Crippen LogP contribution is -2.22. The van der Waals surface area contributed by atoms with Gasteiger partial charge in [-0.15, -0.1) is 0 Å². The summed E-state index contributed by atoms with van der Waals surface area (Å²) in [5, 5.41) is 0. The van der Waals surface area contributed by atoms with Crippen molar-refractivity contribution in [3.63, 3.8) is 0 Å². The van der Waals surface area contributed by atoms with Crippen LogP contribution >= 0.6 is 0 Å². The standard InChI is InChI=1S/C5H5F2N5/c6-2-1-3(12-5(8)9)11-4(7)10-2/h1H,(H4,8,9,10,11,12). The molecule has 5 nitrogen and oxygen atoms in total. The fraction of sp³-hybridized carbons (Fsp3) is 0. The van der Waals surface area contributed by atoms with Crippen LogP contribution < -0.4 is 11.5 Å². The van der Waals surface area contributed by atoms with Crippen molar-refractivity contribution in [1.29, 1.82) is 0 Å². The van der Waals surface area contributed by atoms with Crippen molar-refractivity contribution in [2.24, 2.45) is 16.5 Å². The maximum Gasteiger partial charge on any atom is 0.313 e. The molecule has 0 saturated heterocycles. The summed E-state index contributed by atoms with van der Waals surface area (Å²) >= 11 is 0. The molecule has 1 heterocycles. The van der Waals surface area contributed by atoms with Crippen LogP contribution in [0.3, 0.4) is 0 Å². The van der Waals surface area contributed by atoms with E-state index in [-0.39, 0.29) is 11.8 Å². The summed E-state index contributed by atoms with van der Waals surface area (Å²) in [7, 11) is 0. The maximum atomic E-state index is 12.3. The summed E-state index contributed by atoms with van der Waals surface area (Å²) in [5.74, 6) is -1.60. The molecule has 0 aliphatic carbocycles. The second kappa shape index (κ2) is 3.07. The first-order valence-corrected chi connectivity index (χ1v) is 2.87. The normalized spacial score (nSPS) is 9.50. The Morgan fingerprint density at radius 2 is 2.00 bits per heavy atom. The number of hydrogen-bond acceptors (Lipinski definition) is 3. The Morgan fingerprint density at radius 3 is 2.50 bits per heavy atom. The number of nitrogens with zero attached hydrogens (tertiary/aromatic N) is 3. The van der Waals surface area contributed by atoms with E-state index in [0.717, 1.165) is 6.07 Å². The van der Waals surface area contributed by atoms with Crippen LogP contribution in [-0.2, 0) is 0 Å². The topological polar surface area (TPSA) is 90.2 Å². The first-order valence-electron chi connectivity index (χ1n) is 2.87. The number of aromatic nitrogens is 2. The first-order chi connectivity index (χ1) is 5.58. The molecule has 0 bridgehead atoms. The van der Waals surface area contributed by atoms with Crippen molar-refractivity contribution in [3.8, 4) is 0 Å². The van der Waals surface area contributed by atoms with E-state index in [0.29, 0.717) is 0 Å². The fourth-order valence-corrected chi connectivity index (χ4v) is 0.568. The number of halogens is 2. The van der Waals surface area contributed by atoms with Gasteiger partial charge in [0.2, 0.25) is 5.95 Å². The second-order valence-electron chi connectivity index (χ2n) is 1.85. The van der Waals surface area contributed by atoms with Gasteiger partial charge in [-0.3, -0.25) is 0 Å². The van der Waals surface area contributed by atoms with E-state index in [9.17, 15) is 8.78 Å². The Labute approximate surface area is 66.1 Å². The highest BCUT2D eigenvalue weighted by Crippen LogP contribution is 2.07. The molecule has 1 rings (SSSR count). The van der Waals surface area contributed by atoms with E-state index < -0.39 is 12.0 Å². The molecule has 0 spiro atoms. The van der Waals surface area contributed by atoms with E-state index in [1.165, 1.54) is 0 Å². The van der Waals surface area contributed by atoms with Gasteiger partial charge in [-0.1, -0.05) is 0 Å². The minimum Gasteiger partial charge on any atom is -0.370 e. The molecule has 64 valence electrons. The van der Waals surface area contributed by atoms with Crippen molar-refractivity contribution in [3.05, 3.63) is 18.1 Å². The third kappa shape index (κ3) is 2.11. The van der Waals surface area contributed by atoms with Crippen LogP contribution in [0.25, 0.3) is 0 Å². The first kappa shape index (κ1) is 8.31. The smallest absolute Gasteiger partial charge is 0.313 e. The van der Waals surface area contributed by atoms with Gasteiger partial charge in [-0.2, -0.15) is 23.7 Å². The molecule has 0 radical (unpaired) electrons. The van der Waals surface area contributed by atoms with Crippen LogP contribution in [0.1, 0.15) is 0 Å². The van der Waals surface area contributed by atoms with Gasteiger partial charge in [0.15, 0.2) is 11.8 Å². The van der Waals surface area contributed by atoms with Crippen molar-refractivity contribution >= 4 is 11.8 Å². The average Bonchev–Trinajstić information content (AvgIpc) is 1.81. The Kier molecular flexibility index (Phi) is 2.13. The zero-order chi connectivity index (χ0) is 9.14. The molecule has 12 heavy (non-hydrogen) atoms. The quantitative estimate of drug-likeness (QED) is 0.263. The van der Waals surface area contributed by atoms with Crippen molar-refractivity contribution in [1.82, 2.24) is 9.97 Å². The average molecular weight is 173 g/mol. The molecule has 7 heteroatoms. The molecule has 0 amide bonds. The van der Waals surface area contributed by atoms with Gasteiger partial charge in [-0.25, -0.2) is 0 Å². The van der Waals surface area contributed by atoms with E-state index >= 15 is 0 Å². The molecule has 4 N–H and O–H groups in total. The number of rotatable bonds is 1. The number of aliphatic imine (C=N–C) groups is 1. The Balaban J connectivity index is 3.09. The summed E-state index contributed by atoms with van der Waals surface area (Å²) in [6, 6.07) is 0.808. The molecule has 0 atom stereocenters. The highest BCUT2D eigenvalue weighted by atomic mass is 19.1. The van der Waals surface area contributed by atoms with Gasteiger partial charge in [0.25, 0.3) is 0 Å². The van der Waals surface area contributed by atoms with Gasteiger partial charge in [0.1, 0.15) is 0 Å². The van der Waals surface area contributed by atoms with Crippen LogP contribution in [-0.4, -0.2) is 15.9 Å². The highest BCUT2D eigenvalue weighted by Gasteiger charge is 2.01. The van der Waals surface area contributed by atoms with Crippen LogP contribution in [0.4, 0.5) is 14.6 Å². The third-order valence-electron chi connectivity index (χ3n) is 0.898. The Hall–Kier alpha value is -1.79. The van der Waals surface area contributed by atoms with Crippen molar-refractivity contribution < 1.29 is 8.78 Å². The van der Waals surface area contributed by atoms with Crippen molar-refractivity contribution in [2.75, 3.05) is 0 Å². The molecule has 0 aromatic carbocycles. The molecule has 1 aromatic rings. The third-order valence-corrected chi connectivity index (χ3v) is 0.898. The van der Waals surface area contributed by atoms with Gasteiger partial charge < -0.3 is 11.5 Å². The molecular weight excluding hydrogens is 168 g/mol. The summed E-state index contributed by atoms with van der Waals surface area (Å²) in [4.78, 5) is 9.18. The minimum atomic E-state index is -1.21. The molecule has 0 aliphatic heterocycles. The number of nitrogens with two attached hydrogens (primary N) is 2. The largest absolute Gasteiger partial charge is 0.370 e. The summed E-state index contributed by atoms with van der Waals surface area (Å²) in [6.07, 6.45) is -1.21. The van der Waals surface area contributed by atoms with Gasteiger partial charge in [0.05, 0.1) is 0 Å². The van der Waals surface area contributed by atoms with E-state index in [1.807, 2.05) is 0 Å². The van der Waals surface area contributed by atoms with E-state index in [4.69, 9.17) is 11.5 Å². The van der Waals surface area contributed by atoms with Gasteiger partial charge in [-0.05, 0) is 0 Å².